The zero-order valence-corrected chi connectivity index (χ0v) is 17.7. The maximum atomic E-state index is 14.8. The number of nitrogens with zero attached hydrogens (tertiary/aromatic N) is 5. The topological polar surface area (TPSA) is 73.1 Å². The molecule has 1 amide bonds. The number of hydrogen-bond acceptors (Lipinski definition) is 5. The number of fused-ring (bicyclic) bond motifs is 1. The lowest BCUT2D eigenvalue weighted by Crippen LogP contribution is -2.24. The summed E-state index contributed by atoms with van der Waals surface area (Å²) in [5.41, 5.74) is 2.97. The molecule has 33 heavy (non-hydrogen) atoms. The number of aromatic nitrogens is 4. The van der Waals surface area contributed by atoms with Gasteiger partial charge in [-0.15, -0.1) is 5.10 Å². The molecule has 3 heterocycles. The molecule has 4 aromatic rings. The number of carbonyl (C=O) groups excluding carboxylic acids is 1. The molecule has 2 aromatic carbocycles. The Bertz CT molecular complexity index is 1350. The molecule has 0 aliphatic carbocycles. The van der Waals surface area contributed by atoms with Gasteiger partial charge < -0.3 is 9.64 Å². The molecular weight excluding hydrogens is 428 g/mol. The van der Waals surface area contributed by atoms with Crippen LogP contribution in [0.4, 0.5) is 8.78 Å². The van der Waals surface area contributed by atoms with Gasteiger partial charge in [0.15, 0.2) is 0 Å². The van der Waals surface area contributed by atoms with E-state index >= 15 is 0 Å². The van der Waals surface area contributed by atoms with Crippen LogP contribution in [0.15, 0.2) is 60.9 Å². The molecule has 0 N–H and O–H groups in total. The number of benzene rings is 2. The molecule has 1 aliphatic heterocycles. The van der Waals surface area contributed by atoms with Crippen molar-refractivity contribution in [3.63, 3.8) is 0 Å². The molecule has 0 unspecified atom stereocenters. The number of carbonyl (C=O) groups is 1. The van der Waals surface area contributed by atoms with Gasteiger partial charge in [-0.25, -0.2) is 13.8 Å². The van der Waals surface area contributed by atoms with Crippen molar-refractivity contribution >= 4 is 5.91 Å². The largest absolute Gasteiger partial charge is 0.472 e. The standard InChI is InChI=1S/C24H19F2N5O2/c1-30-13-21(28-29-30)15-6-7-16(20(26)10-15)11-31-12-17-8-9-27-23(22(17)24(31)32)33-14-18-4-2-3-5-19(18)25/h2-10,13H,11-12,14H2,1H3. The van der Waals surface area contributed by atoms with Gasteiger partial charge in [-0.3, -0.25) is 9.48 Å². The van der Waals surface area contributed by atoms with E-state index in [1.165, 1.54) is 17.0 Å². The minimum Gasteiger partial charge on any atom is -0.472 e. The van der Waals surface area contributed by atoms with E-state index in [0.29, 0.717) is 34.5 Å². The average molecular weight is 447 g/mol. The van der Waals surface area contributed by atoms with Crippen LogP contribution in [-0.4, -0.2) is 30.8 Å². The van der Waals surface area contributed by atoms with E-state index in [4.69, 9.17) is 4.74 Å². The van der Waals surface area contributed by atoms with Crippen molar-refractivity contribution in [2.45, 2.75) is 19.7 Å². The zero-order chi connectivity index (χ0) is 22.9. The molecule has 0 bridgehead atoms. The third-order valence-corrected chi connectivity index (χ3v) is 5.50. The van der Waals surface area contributed by atoms with Crippen molar-refractivity contribution in [1.29, 1.82) is 0 Å². The fraction of sp³-hybridized carbons (Fsp3) is 0.167. The SMILES string of the molecule is Cn1cc(-c2ccc(CN3Cc4ccnc(OCc5ccccc5F)c4C3=O)c(F)c2)nn1. The Morgan fingerprint density at radius 2 is 1.91 bits per heavy atom. The summed E-state index contributed by atoms with van der Waals surface area (Å²) in [4.78, 5) is 18.8. The smallest absolute Gasteiger partial charge is 0.260 e. The first-order valence-corrected chi connectivity index (χ1v) is 10.3. The Morgan fingerprint density at radius 1 is 1.06 bits per heavy atom. The third-order valence-electron chi connectivity index (χ3n) is 5.50. The second-order valence-electron chi connectivity index (χ2n) is 7.78. The van der Waals surface area contributed by atoms with Crippen LogP contribution in [0.5, 0.6) is 5.88 Å². The van der Waals surface area contributed by atoms with E-state index in [0.717, 1.165) is 5.56 Å². The first-order valence-electron chi connectivity index (χ1n) is 10.3. The van der Waals surface area contributed by atoms with Gasteiger partial charge in [0.1, 0.15) is 29.5 Å². The molecule has 7 nitrogen and oxygen atoms in total. The van der Waals surface area contributed by atoms with Crippen LogP contribution in [0.25, 0.3) is 11.3 Å². The first-order chi connectivity index (χ1) is 16.0. The van der Waals surface area contributed by atoms with Gasteiger partial charge in [0.25, 0.3) is 5.91 Å². The number of pyridine rings is 1. The monoisotopic (exact) mass is 447 g/mol. The van der Waals surface area contributed by atoms with Crippen molar-refractivity contribution in [3.8, 4) is 17.1 Å². The molecule has 0 fully saturated rings. The summed E-state index contributed by atoms with van der Waals surface area (Å²) < 4.78 is 35.9. The van der Waals surface area contributed by atoms with E-state index in [9.17, 15) is 13.6 Å². The molecule has 0 atom stereocenters. The summed E-state index contributed by atoms with van der Waals surface area (Å²) in [5.74, 6) is -0.991. The lowest BCUT2D eigenvalue weighted by Gasteiger charge is -2.16. The Kier molecular flexibility index (Phi) is 5.29. The molecule has 0 saturated heterocycles. The highest BCUT2D eigenvalue weighted by Gasteiger charge is 2.32. The lowest BCUT2D eigenvalue weighted by atomic mass is 10.1. The van der Waals surface area contributed by atoms with Crippen molar-refractivity contribution in [2.75, 3.05) is 0 Å². The van der Waals surface area contributed by atoms with Gasteiger partial charge in [0.2, 0.25) is 5.88 Å². The predicted octanol–water partition coefficient (Wildman–Crippen LogP) is 3.89. The molecule has 1 aliphatic rings. The summed E-state index contributed by atoms with van der Waals surface area (Å²) in [6, 6.07) is 12.8. The second-order valence-corrected chi connectivity index (χ2v) is 7.78. The molecular formula is C24H19F2N5O2. The Hall–Kier alpha value is -4.14. The number of rotatable bonds is 6. The summed E-state index contributed by atoms with van der Waals surface area (Å²) in [6.45, 7) is 0.340. The van der Waals surface area contributed by atoms with Crippen LogP contribution in [0.2, 0.25) is 0 Å². The maximum absolute atomic E-state index is 14.8. The van der Waals surface area contributed by atoms with Crippen LogP contribution in [0, 0.1) is 11.6 Å². The molecule has 2 aromatic heterocycles. The second kappa shape index (κ2) is 8.42. The van der Waals surface area contributed by atoms with Gasteiger partial charge in [-0.1, -0.05) is 35.5 Å². The minimum absolute atomic E-state index is 0.0537. The maximum Gasteiger partial charge on any atom is 0.260 e. The van der Waals surface area contributed by atoms with Crippen molar-refractivity contribution in [1.82, 2.24) is 24.9 Å². The lowest BCUT2D eigenvalue weighted by molar-refractivity contribution is 0.0761. The van der Waals surface area contributed by atoms with E-state index in [1.807, 2.05) is 0 Å². The normalized spacial score (nSPS) is 12.8. The molecule has 166 valence electrons. The van der Waals surface area contributed by atoms with Gasteiger partial charge in [0.05, 0.1) is 6.20 Å². The van der Waals surface area contributed by atoms with E-state index in [1.54, 1.807) is 60.5 Å². The fourth-order valence-corrected chi connectivity index (χ4v) is 3.80. The summed E-state index contributed by atoms with van der Waals surface area (Å²) in [6.07, 6.45) is 3.24. The Balaban J connectivity index is 1.33. The van der Waals surface area contributed by atoms with E-state index in [-0.39, 0.29) is 24.9 Å². The van der Waals surface area contributed by atoms with Crippen LogP contribution >= 0.6 is 0 Å². The highest BCUT2D eigenvalue weighted by molar-refractivity contribution is 6.00. The average Bonchev–Trinajstić information content (AvgIpc) is 3.38. The van der Waals surface area contributed by atoms with Crippen molar-refractivity contribution in [2.24, 2.45) is 7.05 Å². The highest BCUT2D eigenvalue weighted by atomic mass is 19.1. The van der Waals surface area contributed by atoms with Gasteiger partial charge in [0, 0.05) is 43.0 Å². The quantitative estimate of drug-likeness (QED) is 0.448. The Morgan fingerprint density at radius 3 is 2.67 bits per heavy atom. The van der Waals surface area contributed by atoms with Gasteiger partial charge >= 0.3 is 0 Å². The number of hydrogen-bond donors (Lipinski definition) is 0. The first kappa shape index (κ1) is 20.7. The van der Waals surface area contributed by atoms with Crippen LogP contribution < -0.4 is 4.74 Å². The number of amides is 1. The summed E-state index contributed by atoms with van der Waals surface area (Å²) >= 11 is 0. The summed E-state index contributed by atoms with van der Waals surface area (Å²) in [7, 11) is 1.74. The van der Waals surface area contributed by atoms with E-state index in [2.05, 4.69) is 15.3 Å². The molecule has 0 radical (unpaired) electrons. The van der Waals surface area contributed by atoms with Crippen LogP contribution in [0.3, 0.4) is 0 Å². The molecule has 9 heteroatoms. The predicted molar refractivity (Wildman–Crippen MR) is 115 cm³/mol. The summed E-state index contributed by atoms with van der Waals surface area (Å²) in [5, 5.41) is 7.85. The van der Waals surface area contributed by atoms with Crippen molar-refractivity contribution in [3.05, 3.63) is 94.8 Å². The number of aryl methyl sites for hydroxylation is 1. The third kappa shape index (κ3) is 4.05. The highest BCUT2D eigenvalue weighted by Crippen LogP contribution is 2.31. The minimum atomic E-state index is -0.434. The van der Waals surface area contributed by atoms with Crippen LogP contribution in [0.1, 0.15) is 27.0 Å². The number of halogens is 2. The van der Waals surface area contributed by atoms with Gasteiger partial charge in [-0.2, -0.15) is 0 Å². The van der Waals surface area contributed by atoms with Crippen molar-refractivity contribution < 1.29 is 18.3 Å². The zero-order valence-electron chi connectivity index (χ0n) is 17.7. The van der Waals surface area contributed by atoms with Gasteiger partial charge in [-0.05, 0) is 23.8 Å². The molecule has 0 spiro atoms. The van der Waals surface area contributed by atoms with E-state index < -0.39 is 11.6 Å². The molecule has 0 saturated carbocycles. The fourth-order valence-electron chi connectivity index (χ4n) is 3.80. The Labute approximate surface area is 188 Å². The molecule has 5 rings (SSSR count). The number of ether oxygens (including phenoxy) is 1. The van der Waals surface area contributed by atoms with Crippen LogP contribution in [-0.2, 0) is 26.7 Å².